The summed E-state index contributed by atoms with van der Waals surface area (Å²) in [6, 6.07) is 0. The van der Waals surface area contributed by atoms with E-state index < -0.39 is 9.84 Å². The van der Waals surface area contributed by atoms with E-state index in [1.54, 1.807) is 9.80 Å². The van der Waals surface area contributed by atoms with Gasteiger partial charge in [0.2, 0.25) is 11.8 Å². The van der Waals surface area contributed by atoms with Crippen LogP contribution in [-0.4, -0.2) is 67.7 Å². The SMILES string of the molecule is CC(=O)N1CCN(C(=O)C2CCS(=O)(=O)CC2)CC1. The second-order valence-corrected chi connectivity index (χ2v) is 7.56. The van der Waals surface area contributed by atoms with Crippen LogP contribution >= 0.6 is 0 Å². The molecule has 0 unspecified atom stereocenters. The normalized spacial score (nSPS) is 24.3. The van der Waals surface area contributed by atoms with Gasteiger partial charge >= 0.3 is 0 Å². The number of rotatable bonds is 1. The first-order valence-corrected chi connectivity index (χ1v) is 8.46. The zero-order valence-electron chi connectivity index (χ0n) is 11.2. The fourth-order valence-corrected chi connectivity index (χ4v) is 4.13. The van der Waals surface area contributed by atoms with Crippen molar-refractivity contribution in [2.45, 2.75) is 19.8 Å². The highest BCUT2D eigenvalue weighted by molar-refractivity contribution is 7.91. The zero-order valence-corrected chi connectivity index (χ0v) is 12.0. The van der Waals surface area contributed by atoms with Gasteiger partial charge in [0.1, 0.15) is 9.84 Å². The predicted octanol–water partition coefficient (Wildman–Crippen LogP) is -0.498. The van der Waals surface area contributed by atoms with E-state index in [1.165, 1.54) is 6.92 Å². The van der Waals surface area contributed by atoms with Gasteiger partial charge in [0, 0.05) is 39.0 Å². The molecule has 6 nitrogen and oxygen atoms in total. The summed E-state index contributed by atoms with van der Waals surface area (Å²) < 4.78 is 22.7. The Bertz CT molecular complexity index is 452. The molecule has 0 aliphatic carbocycles. The lowest BCUT2D eigenvalue weighted by molar-refractivity contribution is -0.141. The Balaban J connectivity index is 1.87. The summed E-state index contributed by atoms with van der Waals surface area (Å²) in [4.78, 5) is 27.0. The molecule has 0 radical (unpaired) electrons. The molecule has 7 heteroatoms. The van der Waals surface area contributed by atoms with Crippen LogP contribution in [0.1, 0.15) is 19.8 Å². The first kappa shape index (κ1) is 14.3. The smallest absolute Gasteiger partial charge is 0.225 e. The van der Waals surface area contributed by atoms with Crippen LogP contribution in [0, 0.1) is 5.92 Å². The molecular weight excluding hydrogens is 268 g/mol. The highest BCUT2D eigenvalue weighted by Crippen LogP contribution is 2.21. The maximum absolute atomic E-state index is 12.3. The van der Waals surface area contributed by atoms with E-state index >= 15 is 0 Å². The third kappa shape index (κ3) is 3.46. The van der Waals surface area contributed by atoms with Gasteiger partial charge in [-0.15, -0.1) is 0 Å². The molecule has 2 amide bonds. The Kier molecular flexibility index (Phi) is 4.13. The molecule has 0 aromatic rings. The van der Waals surface area contributed by atoms with E-state index in [4.69, 9.17) is 0 Å². The third-order valence-corrected chi connectivity index (χ3v) is 5.66. The number of carbonyl (C=O) groups excluding carboxylic acids is 2. The van der Waals surface area contributed by atoms with Crippen LogP contribution in [0.15, 0.2) is 0 Å². The van der Waals surface area contributed by atoms with Crippen molar-refractivity contribution in [1.82, 2.24) is 9.80 Å². The molecule has 2 saturated heterocycles. The van der Waals surface area contributed by atoms with Crippen molar-refractivity contribution >= 4 is 21.7 Å². The number of hydrogen-bond acceptors (Lipinski definition) is 4. The van der Waals surface area contributed by atoms with E-state index in [0.717, 1.165) is 0 Å². The lowest BCUT2D eigenvalue weighted by Gasteiger charge is -2.36. The van der Waals surface area contributed by atoms with Gasteiger partial charge in [-0.05, 0) is 12.8 Å². The highest BCUT2D eigenvalue weighted by Gasteiger charge is 2.32. The van der Waals surface area contributed by atoms with Crippen LogP contribution in [0.4, 0.5) is 0 Å². The molecule has 0 saturated carbocycles. The maximum atomic E-state index is 12.3. The lowest BCUT2D eigenvalue weighted by Crippen LogP contribution is -2.52. The second kappa shape index (κ2) is 5.48. The summed E-state index contributed by atoms with van der Waals surface area (Å²) in [5, 5.41) is 0. The molecule has 2 heterocycles. The van der Waals surface area contributed by atoms with E-state index in [-0.39, 0.29) is 29.2 Å². The quantitative estimate of drug-likeness (QED) is 0.652. The molecule has 2 aliphatic heterocycles. The number of amides is 2. The molecule has 0 aromatic heterocycles. The fourth-order valence-electron chi connectivity index (χ4n) is 2.64. The number of sulfone groups is 1. The Morgan fingerprint density at radius 3 is 1.89 bits per heavy atom. The molecule has 108 valence electrons. The van der Waals surface area contributed by atoms with Crippen molar-refractivity contribution in [3.8, 4) is 0 Å². The highest BCUT2D eigenvalue weighted by atomic mass is 32.2. The van der Waals surface area contributed by atoms with Gasteiger partial charge in [0.05, 0.1) is 11.5 Å². The van der Waals surface area contributed by atoms with E-state index in [2.05, 4.69) is 0 Å². The summed E-state index contributed by atoms with van der Waals surface area (Å²) in [5.41, 5.74) is 0. The van der Waals surface area contributed by atoms with Gasteiger partial charge in [0.15, 0.2) is 0 Å². The minimum Gasteiger partial charge on any atom is -0.339 e. The molecule has 2 aliphatic rings. The standard InChI is InChI=1S/C12H20N2O4S/c1-10(15)13-4-6-14(7-5-13)12(16)11-2-8-19(17,18)9-3-11/h11H,2-9H2,1H3. The van der Waals surface area contributed by atoms with Crippen LogP contribution in [0.2, 0.25) is 0 Å². The summed E-state index contributed by atoms with van der Waals surface area (Å²) in [6.45, 7) is 3.80. The van der Waals surface area contributed by atoms with E-state index in [1.807, 2.05) is 0 Å². The topological polar surface area (TPSA) is 74.8 Å². The van der Waals surface area contributed by atoms with Crippen molar-refractivity contribution in [2.24, 2.45) is 5.92 Å². The van der Waals surface area contributed by atoms with Crippen LogP contribution < -0.4 is 0 Å². The van der Waals surface area contributed by atoms with Crippen molar-refractivity contribution in [1.29, 1.82) is 0 Å². The number of hydrogen-bond donors (Lipinski definition) is 0. The summed E-state index contributed by atoms with van der Waals surface area (Å²) in [5.74, 6) is 0.176. The third-order valence-electron chi connectivity index (χ3n) is 3.94. The van der Waals surface area contributed by atoms with Crippen molar-refractivity contribution < 1.29 is 18.0 Å². The minimum atomic E-state index is -2.92. The Morgan fingerprint density at radius 1 is 0.947 bits per heavy atom. The summed E-state index contributed by atoms with van der Waals surface area (Å²) in [7, 11) is -2.92. The van der Waals surface area contributed by atoms with Gasteiger partial charge in [-0.2, -0.15) is 0 Å². The molecule has 0 spiro atoms. The summed E-state index contributed by atoms with van der Waals surface area (Å²) in [6.07, 6.45) is 0.877. The maximum Gasteiger partial charge on any atom is 0.225 e. The van der Waals surface area contributed by atoms with E-state index in [0.29, 0.717) is 39.0 Å². The molecule has 2 fully saturated rings. The van der Waals surface area contributed by atoms with Crippen LogP contribution in [-0.2, 0) is 19.4 Å². The van der Waals surface area contributed by atoms with Crippen LogP contribution in [0.25, 0.3) is 0 Å². The average Bonchev–Trinajstić information content (AvgIpc) is 2.38. The van der Waals surface area contributed by atoms with Gasteiger partial charge in [-0.1, -0.05) is 0 Å². The molecule has 19 heavy (non-hydrogen) atoms. The van der Waals surface area contributed by atoms with Gasteiger partial charge in [0.25, 0.3) is 0 Å². The van der Waals surface area contributed by atoms with Gasteiger partial charge in [-0.3, -0.25) is 9.59 Å². The van der Waals surface area contributed by atoms with Crippen LogP contribution in [0.5, 0.6) is 0 Å². The van der Waals surface area contributed by atoms with E-state index in [9.17, 15) is 18.0 Å². The molecule has 0 aromatic carbocycles. The molecule has 0 atom stereocenters. The van der Waals surface area contributed by atoms with Gasteiger partial charge in [-0.25, -0.2) is 8.42 Å². The largest absolute Gasteiger partial charge is 0.339 e. The average molecular weight is 288 g/mol. The van der Waals surface area contributed by atoms with Crippen molar-refractivity contribution in [2.75, 3.05) is 37.7 Å². The van der Waals surface area contributed by atoms with Crippen molar-refractivity contribution in [3.63, 3.8) is 0 Å². The monoisotopic (exact) mass is 288 g/mol. The lowest BCUT2D eigenvalue weighted by atomic mass is 10.0. The number of carbonyl (C=O) groups is 2. The Morgan fingerprint density at radius 2 is 1.42 bits per heavy atom. The van der Waals surface area contributed by atoms with Gasteiger partial charge < -0.3 is 9.80 Å². The molecule has 2 rings (SSSR count). The second-order valence-electron chi connectivity index (χ2n) is 5.26. The minimum absolute atomic E-state index is 0.0378. The predicted molar refractivity (Wildman–Crippen MR) is 70.2 cm³/mol. The Hall–Kier alpha value is -1.11. The summed E-state index contributed by atoms with van der Waals surface area (Å²) >= 11 is 0. The first-order chi connectivity index (χ1) is 8.89. The zero-order chi connectivity index (χ0) is 14.0. The molecule has 0 N–H and O–H groups in total. The Labute approximate surface area is 113 Å². The first-order valence-electron chi connectivity index (χ1n) is 6.64. The fraction of sp³-hybridized carbons (Fsp3) is 0.833. The molecular formula is C12H20N2O4S. The molecule has 0 bridgehead atoms. The van der Waals surface area contributed by atoms with Crippen molar-refractivity contribution in [3.05, 3.63) is 0 Å². The number of nitrogens with zero attached hydrogens (tertiary/aromatic N) is 2. The van der Waals surface area contributed by atoms with Crippen LogP contribution in [0.3, 0.4) is 0 Å². The number of piperazine rings is 1.